The normalized spacial score (nSPS) is 11.9. The molecule has 1 aromatic heterocycles. The van der Waals surface area contributed by atoms with Crippen LogP contribution in [0.15, 0.2) is 59.1 Å². The van der Waals surface area contributed by atoms with Gasteiger partial charge < -0.3 is 9.84 Å². The Morgan fingerprint density at radius 1 is 1.11 bits per heavy atom. The van der Waals surface area contributed by atoms with E-state index in [0.29, 0.717) is 23.7 Å². The number of rotatable bonds is 8. The molecule has 140 valence electrons. The van der Waals surface area contributed by atoms with Crippen molar-refractivity contribution in [3.05, 3.63) is 71.9 Å². The second-order valence-corrected chi connectivity index (χ2v) is 6.51. The molecule has 0 aliphatic rings. The Balaban J connectivity index is 1.43. The van der Waals surface area contributed by atoms with E-state index in [9.17, 15) is 9.18 Å². The lowest BCUT2D eigenvalue weighted by atomic mass is 10.1. The fourth-order valence-corrected chi connectivity index (χ4v) is 2.74. The summed E-state index contributed by atoms with van der Waals surface area (Å²) in [7, 11) is 0. The van der Waals surface area contributed by atoms with Gasteiger partial charge in [-0.3, -0.25) is 4.79 Å². The first kappa shape index (κ1) is 18.8. The number of hydrogen-bond acceptors (Lipinski definition) is 4. The van der Waals surface area contributed by atoms with E-state index < -0.39 is 0 Å². The largest absolute Gasteiger partial charge is 0.354 e. The van der Waals surface area contributed by atoms with Crippen LogP contribution in [0.3, 0.4) is 0 Å². The highest BCUT2D eigenvalue weighted by atomic mass is 19.1. The lowest BCUT2D eigenvalue weighted by Crippen LogP contribution is -2.33. The summed E-state index contributed by atoms with van der Waals surface area (Å²) in [4.78, 5) is 16.4. The van der Waals surface area contributed by atoms with Gasteiger partial charge in [-0.2, -0.15) is 4.98 Å². The van der Waals surface area contributed by atoms with Crippen molar-refractivity contribution in [1.29, 1.82) is 0 Å². The Labute approximate surface area is 157 Å². The van der Waals surface area contributed by atoms with Gasteiger partial charge in [0.2, 0.25) is 17.6 Å². The van der Waals surface area contributed by atoms with Gasteiger partial charge in [0.25, 0.3) is 0 Å². The monoisotopic (exact) mass is 367 g/mol. The Morgan fingerprint density at radius 2 is 1.85 bits per heavy atom. The van der Waals surface area contributed by atoms with Crippen molar-refractivity contribution in [1.82, 2.24) is 15.5 Å². The molecule has 0 fully saturated rings. The SMILES string of the molecule is C[C@H](CCc1ccccc1)NC(=O)CCc1nc(-c2ccc(F)cc2)no1. The predicted octanol–water partition coefficient (Wildman–Crippen LogP) is 3.95. The first-order valence-electron chi connectivity index (χ1n) is 9.02. The van der Waals surface area contributed by atoms with Crippen LogP contribution in [-0.4, -0.2) is 22.1 Å². The molecule has 0 unspecified atom stereocenters. The summed E-state index contributed by atoms with van der Waals surface area (Å²) >= 11 is 0. The Kier molecular flexibility index (Phi) is 6.30. The van der Waals surface area contributed by atoms with E-state index >= 15 is 0 Å². The van der Waals surface area contributed by atoms with Gasteiger partial charge in [-0.05, 0) is 49.6 Å². The van der Waals surface area contributed by atoms with Gasteiger partial charge in [0.05, 0.1) is 0 Å². The average Bonchev–Trinajstić information content (AvgIpc) is 3.15. The summed E-state index contributed by atoms with van der Waals surface area (Å²) in [5.74, 6) is 0.417. The van der Waals surface area contributed by atoms with E-state index in [-0.39, 0.29) is 24.2 Å². The van der Waals surface area contributed by atoms with Crippen molar-refractivity contribution in [2.24, 2.45) is 0 Å². The fraction of sp³-hybridized carbons (Fsp3) is 0.286. The highest BCUT2D eigenvalue weighted by molar-refractivity contribution is 5.76. The minimum absolute atomic E-state index is 0.0444. The lowest BCUT2D eigenvalue weighted by Gasteiger charge is -2.13. The lowest BCUT2D eigenvalue weighted by molar-refractivity contribution is -0.121. The molecule has 3 rings (SSSR count). The van der Waals surface area contributed by atoms with E-state index in [1.807, 2.05) is 25.1 Å². The number of nitrogens with one attached hydrogen (secondary N) is 1. The number of halogens is 1. The van der Waals surface area contributed by atoms with Crippen LogP contribution in [0, 0.1) is 5.82 Å². The Bertz CT molecular complexity index is 863. The Hall–Kier alpha value is -3.02. The van der Waals surface area contributed by atoms with Gasteiger partial charge in [-0.1, -0.05) is 35.5 Å². The number of aryl methyl sites for hydroxylation is 2. The van der Waals surface area contributed by atoms with Gasteiger partial charge in [-0.15, -0.1) is 0 Å². The van der Waals surface area contributed by atoms with Gasteiger partial charge in [0.15, 0.2) is 0 Å². The number of amides is 1. The topological polar surface area (TPSA) is 68.0 Å². The van der Waals surface area contributed by atoms with E-state index in [1.54, 1.807) is 12.1 Å². The molecule has 3 aromatic rings. The number of nitrogens with zero attached hydrogens (tertiary/aromatic N) is 2. The smallest absolute Gasteiger partial charge is 0.227 e. The third kappa shape index (κ3) is 5.74. The molecule has 1 heterocycles. The highest BCUT2D eigenvalue weighted by Gasteiger charge is 2.12. The van der Waals surface area contributed by atoms with Gasteiger partial charge in [0.1, 0.15) is 5.82 Å². The van der Waals surface area contributed by atoms with Crippen LogP contribution in [0.4, 0.5) is 4.39 Å². The van der Waals surface area contributed by atoms with E-state index in [0.717, 1.165) is 12.8 Å². The number of hydrogen-bond donors (Lipinski definition) is 1. The zero-order valence-electron chi connectivity index (χ0n) is 15.2. The quantitative estimate of drug-likeness (QED) is 0.655. The number of aromatic nitrogens is 2. The molecule has 1 amide bonds. The molecule has 0 radical (unpaired) electrons. The van der Waals surface area contributed by atoms with E-state index in [2.05, 4.69) is 27.6 Å². The first-order valence-corrected chi connectivity index (χ1v) is 9.02. The minimum atomic E-state index is -0.319. The molecule has 1 N–H and O–H groups in total. The van der Waals surface area contributed by atoms with Crippen LogP contribution in [-0.2, 0) is 17.6 Å². The summed E-state index contributed by atoms with van der Waals surface area (Å²) in [5, 5.41) is 6.87. The van der Waals surface area contributed by atoms with Crippen molar-refractivity contribution in [3.8, 4) is 11.4 Å². The summed E-state index contributed by atoms with van der Waals surface area (Å²) < 4.78 is 18.1. The number of carbonyl (C=O) groups excluding carboxylic acids is 1. The van der Waals surface area contributed by atoms with Crippen LogP contribution in [0.5, 0.6) is 0 Å². The molecule has 0 saturated heterocycles. The van der Waals surface area contributed by atoms with Crippen molar-refractivity contribution < 1.29 is 13.7 Å². The van der Waals surface area contributed by atoms with Gasteiger partial charge in [-0.25, -0.2) is 4.39 Å². The molecule has 0 saturated carbocycles. The number of benzene rings is 2. The van der Waals surface area contributed by atoms with Crippen molar-refractivity contribution >= 4 is 5.91 Å². The maximum absolute atomic E-state index is 13.0. The standard InChI is InChI=1S/C21H22FN3O2/c1-15(7-8-16-5-3-2-4-6-16)23-19(26)13-14-20-24-21(25-27-20)17-9-11-18(22)12-10-17/h2-6,9-12,15H,7-8,13-14H2,1H3,(H,23,26)/t15-/m1/s1. The molecule has 1 atom stereocenters. The molecule has 0 bridgehead atoms. The van der Waals surface area contributed by atoms with Gasteiger partial charge >= 0.3 is 0 Å². The molecule has 0 spiro atoms. The molecule has 0 aliphatic heterocycles. The average molecular weight is 367 g/mol. The number of carbonyl (C=O) groups is 1. The van der Waals surface area contributed by atoms with Crippen molar-refractivity contribution in [3.63, 3.8) is 0 Å². The van der Waals surface area contributed by atoms with Crippen LogP contribution in [0.25, 0.3) is 11.4 Å². The maximum atomic E-state index is 13.0. The van der Waals surface area contributed by atoms with Crippen LogP contribution in [0.2, 0.25) is 0 Å². The van der Waals surface area contributed by atoms with Crippen LogP contribution >= 0.6 is 0 Å². The summed E-state index contributed by atoms with van der Waals surface area (Å²) in [5.41, 5.74) is 1.93. The zero-order chi connectivity index (χ0) is 19.1. The molecule has 5 nitrogen and oxygen atoms in total. The summed E-state index contributed by atoms with van der Waals surface area (Å²) in [6.07, 6.45) is 2.45. The summed E-state index contributed by atoms with van der Waals surface area (Å²) in [6, 6.07) is 16.2. The van der Waals surface area contributed by atoms with Crippen LogP contribution in [0.1, 0.15) is 31.2 Å². The summed E-state index contributed by atoms with van der Waals surface area (Å²) in [6.45, 7) is 2.00. The predicted molar refractivity (Wildman–Crippen MR) is 100 cm³/mol. The molecule has 2 aromatic carbocycles. The first-order chi connectivity index (χ1) is 13.1. The van der Waals surface area contributed by atoms with Crippen LogP contribution < -0.4 is 5.32 Å². The minimum Gasteiger partial charge on any atom is -0.354 e. The van der Waals surface area contributed by atoms with E-state index in [1.165, 1.54) is 17.7 Å². The third-order valence-electron chi connectivity index (χ3n) is 4.25. The molecule has 27 heavy (non-hydrogen) atoms. The Morgan fingerprint density at radius 3 is 2.59 bits per heavy atom. The zero-order valence-corrected chi connectivity index (χ0v) is 15.2. The van der Waals surface area contributed by atoms with E-state index in [4.69, 9.17) is 4.52 Å². The molecular formula is C21H22FN3O2. The molecule has 6 heteroatoms. The van der Waals surface area contributed by atoms with Crippen molar-refractivity contribution in [2.75, 3.05) is 0 Å². The molecular weight excluding hydrogens is 345 g/mol. The second kappa shape index (κ2) is 9.07. The van der Waals surface area contributed by atoms with Crippen molar-refractivity contribution in [2.45, 2.75) is 38.6 Å². The van der Waals surface area contributed by atoms with Gasteiger partial charge in [0, 0.05) is 24.4 Å². The second-order valence-electron chi connectivity index (χ2n) is 6.51. The maximum Gasteiger partial charge on any atom is 0.227 e. The third-order valence-corrected chi connectivity index (χ3v) is 4.25. The fourth-order valence-electron chi connectivity index (χ4n) is 2.74. The molecule has 0 aliphatic carbocycles. The highest BCUT2D eigenvalue weighted by Crippen LogP contribution is 2.16.